The van der Waals surface area contributed by atoms with Gasteiger partial charge in [0.15, 0.2) is 5.82 Å². The van der Waals surface area contributed by atoms with Gasteiger partial charge in [0.2, 0.25) is 0 Å². The van der Waals surface area contributed by atoms with Crippen molar-refractivity contribution in [3.05, 3.63) is 259 Å². The van der Waals surface area contributed by atoms with Gasteiger partial charge in [0.25, 0.3) is 0 Å². The maximum atomic E-state index is 5.25. The van der Waals surface area contributed by atoms with Crippen LogP contribution in [0.5, 0.6) is 0 Å². The highest BCUT2D eigenvalue weighted by atomic mass is 15.0. The van der Waals surface area contributed by atoms with Crippen LogP contribution in [0.4, 0.5) is 0 Å². The van der Waals surface area contributed by atoms with E-state index in [9.17, 15) is 0 Å². The zero-order chi connectivity index (χ0) is 47.7. The number of benzene rings is 9. The van der Waals surface area contributed by atoms with E-state index in [1.807, 2.05) is 6.07 Å². The molecule has 9 aromatic carbocycles. The van der Waals surface area contributed by atoms with E-state index in [2.05, 4.69) is 254 Å². The van der Waals surface area contributed by atoms with Crippen LogP contribution in [0.1, 0.15) is 42.7 Å². The maximum Gasteiger partial charge on any atom is 0.160 e. The van der Waals surface area contributed by atoms with Gasteiger partial charge in [-0.05, 0) is 124 Å². The summed E-state index contributed by atoms with van der Waals surface area (Å²) >= 11 is 0. The SMILES string of the molecule is CC1(C)c2ccccc2-c2ccc(C34C=CC(c5cc(-c6ccc(-n7c8ccccc8c8cc(-c9ccc%10c(c9)c9ccccc9n%10-c9ccccc9)ccc87)cc6)nc(-c6ccccc6)n5)=CC3C4)cc21. The highest BCUT2D eigenvalue weighted by molar-refractivity contribution is 6.12. The maximum absolute atomic E-state index is 5.25. The standard InChI is InChI=1S/C68H48N4/c1-67(2)58-22-12-9-19-52(58)53-32-29-48(40-59(53)67)68-36-35-47(37-49(68)42-68)61-41-60(69-66(70-61)44-15-5-3-6-16-44)43-25-30-51(31-26-43)72-63-24-14-11-21-55(63)57-39-46(28-34-65(57)72)45-27-33-64-56(38-45)54-20-10-13-23-62(54)71(64)50-17-7-4-8-18-50/h3-41,49H,42H2,1-2H3. The van der Waals surface area contributed by atoms with Crippen LogP contribution in [0.2, 0.25) is 0 Å². The first-order valence-electron chi connectivity index (χ1n) is 25.2. The molecule has 3 aliphatic carbocycles. The third-order valence-electron chi connectivity index (χ3n) is 16.3. The number of allylic oxidation sites excluding steroid dienone is 4. The van der Waals surface area contributed by atoms with Crippen LogP contribution in [0.3, 0.4) is 0 Å². The lowest BCUT2D eigenvalue weighted by Gasteiger charge is -2.24. The zero-order valence-corrected chi connectivity index (χ0v) is 40.1. The number of nitrogens with zero attached hydrogens (tertiary/aromatic N) is 4. The van der Waals surface area contributed by atoms with Crippen molar-refractivity contribution in [3.8, 4) is 56.3 Å². The average molecular weight is 921 g/mol. The number of hydrogen-bond acceptors (Lipinski definition) is 2. The van der Waals surface area contributed by atoms with Crippen molar-refractivity contribution in [2.24, 2.45) is 5.92 Å². The Labute approximate surface area is 418 Å². The lowest BCUT2D eigenvalue weighted by atomic mass is 9.79. The van der Waals surface area contributed by atoms with Gasteiger partial charge in [-0.2, -0.15) is 0 Å². The molecule has 72 heavy (non-hydrogen) atoms. The molecular weight excluding hydrogens is 873 g/mol. The second-order valence-electron chi connectivity index (χ2n) is 20.6. The van der Waals surface area contributed by atoms with Crippen LogP contribution in [0.15, 0.2) is 237 Å². The zero-order valence-electron chi connectivity index (χ0n) is 40.1. The van der Waals surface area contributed by atoms with Crippen molar-refractivity contribution in [1.82, 2.24) is 19.1 Å². The summed E-state index contributed by atoms with van der Waals surface area (Å²) in [4.78, 5) is 10.5. The molecule has 0 saturated heterocycles. The first kappa shape index (κ1) is 41.0. The minimum absolute atomic E-state index is 0.0193. The van der Waals surface area contributed by atoms with Crippen molar-refractivity contribution < 1.29 is 0 Å². The van der Waals surface area contributed by atoms with Gasteiger partial charge in [-0.15, -0.1) is 0 Å². The van der Waals surface area contributed by atoms with E-state index in [4.69, 9.17) is 9.97 Å². The van der Waals surface area contributed by atoms with Crippen LogP contribution in [0, 0.1) is 5.92 Å². The fraction of sp³-hybridized carbons (Fsp3) is 0.0882. The van der Waals surface area contributed by atoms with Gasteiger partial charge < -0.3 is 9.13 Å². The van der Waals surface area contributed by atoms with Gasteiger partial charge in [0, 0.05) is 54.9 Å². The smallest absolute Gasteiger partial charge is 0.160 e. The third-order valence-corrected chi connectivity index (χ3v) is 16.3. The van der Waals surface area contributed by atoms with Gasteiger partial charge in [0.05, 0.1) is 33.5 Å². The van der Waals surface area contributed by atoms with E-state index in [0.29, 0.717) is 5.92 Å². The molecule has 1 saturated carbocycles. The molecule has 2 atom stereocenters. The second kappa shape index (κ2) is 15.3. The Hall–Kier alpha value is -8.86. The summed E-state index contributed by atoms with van der Waals surface area (Å²) in [6.07, 6.45) is 8.34. The Morgan fingerprint density at radius 2 is 0.986 bits per heavy atom. The average Bonchev–Trinajstić information content (AvgIpc) is 3.88. The molecule has 4 nitrogen and oxygen atoms in total. The summed E-state index contributed by atoms with van der Waals surface area (Å²) in [6.45, 7) is 4.74. The lowest BCUT2D eigenvalue weighted by molar-refractivity contribution is 0.657. The third kappa shape index (κ3) is 6.12. The van der Waals surface area contributed by atoms with Crippen molar-refractivity contribution in [2.45, 2.75) is 31.1 Å². The Bertz CT molecular complexity index is 4260. The Balaban J connectivity index is 0.772. The summed E-state index contributed by atoms with van der Waals surface area (Å²) in [5.41, 5.74) is 21.5. The van der Waals surface area contributed by atoms with Crippen LogP contribution >= 0.6 is 0 Å². The number of para-hydroxylation sites is 3. The summed E-state index contributed by atoms with van der Waals surface area (Å²) in [6, 6.07) is 79.7. The fourth-order valence-electron chi connectivity index (χ4n) is 12.5. The molecule has 2 unspecified atom stereocenters. The molecule has 1 fully saturated rings. The highest BCUT2D eigenvalue weighted by Gasteiger charge is 2.54. The van der Waals surface area contributed by atoms with Crippen molar-refractivity contribution in [3.63, 3.8) is 0 Å². The van der Waals surface area contributed by atoms with Crippen molar-refractivity contribution in [2.75, 3.05) is 0 Å². The van der Waals surface area contributed by atoms with Gasteiger partial charge >= 0.3 is 0 Å². The molecule has 0 radical (unpaired) electrons. The Kier molecular flexibility index (Phi) is 8.72. The number of rotatable bonds is 7. The van der Waals surface area contributed by atoms with Crippen LogP contribution in [-0.4, -0.2) is 19.1 Å². The molecule has 4 heteroatoms. The molecule has 3 aliphatic rings. The van der Waals surface area contributed by atoms with E-state index < -0.39 is 0 Å². The molecule has 0 aliphatic heterocycles. The summed E-state index contributed by atoms with van der Waals surface area (Å²) in [7, 11) is 0. The minimum Gasteiger partial charge on any atom is -0.309 e. The van der Waals surface area contributed by atoms with Gasteiger partial charge in [-0.25, -0.2) is 9.97 Å². The van der Waals surface area contributed by atoms with Crippen LogP contribution in [-0.2, 0) is 10.8 Å². The van der Waals surface area contributed by atoms with Crippen LogP contribution < -0.4 is 0 Å². The molecular formula is C68H48N4. The first-order valence-corrected chi connectivity index (χ1v) is 25.2. The number of aromatic nitrogens is 4. The molecule has 3 aromatic heterocycles. The number of hydrogen-bond donors (Lipinski definition) is 0. The van der Waals surface area contributed by atoms with E-state index in [0.717, 1.165) is 46.0 Å². The molecule has 340 valence electrons. The quantitative estimate of drug-likeness (QED) is 0.160. The predicted octanol–water partition coefficient (Wildman–Crippen LogP) is 16.9. The molecule has 0 N–H and O–H groups in total. The van der Waals surface area contributed by atoms with Gasteiger partial charge in [0.1, 0.15) is 0 Å². The monoisotopic (exact) mass is 920 g/mol. The van der Waals surface area contributed by atoms with Crippen LogP contribution in [0.25, 0.3) is 105 Å². The molecule has 12 aromatic rings. The second-order valence-corrected chi connectivity index (χ2v) is 20.6. The van der Waals surface area contributed by atoms with Gasteiger partial charge in [-0.1, -0.05) is 184 Å². The summed E-state index contributed by atoms with van der Waals surface area (Å²) in [5.74, 6) is 1.15. The normalized spacial score (nSPS) is 17.3. The predicted molar refractivity (Wildman–Crippen MR) is 298 cm³/mol. The number of fused-ring (bicyclic) bond motifs is 10. The van der Waals surface area contributed by atoms with E-state index in [1.165, 1.54) is 88.2 Å². The van der Waals surface area contributed by atoms with E-state index in [-0.39, 0.29) is 10.8 Å². The minimum atomic E-state index is -0.0234. The molecule has 0 amide bonds. The van der Waals surface area contributed by atoms with E-state index >= 15 is 0 Å². The molecule has 3 heterocycles. The topological polar surface area (TPSA) is 35.6 Å². The van der Waals surface area contributed by atoms with E-state index in [1.54, 1.807) is 0 Å². The Morgan fingerprint density at radius 3 is 1.67 bits per heavy atom. The largest absolute Gasteiger partial charge is 0.309 e. The van der Waals surface area contributed by atoms with Gasteiger partial charge in [-0.3, -0.25) is 0 Å². The molecule has 15 rings (SSSR count). The van der Waals surface area contributed by atoms with Crippen molar-refractivity contribution >= 4 is 49.2 Å². The highest BCUT2D eigenvalue weighted by Crippen LogP contribution is 2.61. The summed E-state index contributed by atoms with van der Waals surface area (Å²) in [5, 5.41) is 4.96. The van der Waals surface area contributed by atoms with Crippen molar-refractivity contribution in [1.29, 1.82) is 0 Å². The fourth-order valence-corrected chi connectivity index (χ4v) is 12.5. The summed E-state index contributed by atoms with van der Waals surface area (Å²) < 4.78 is 4.77. The lowest BCUT2D eigenvalue weighted by Crippen LogP contribution is -2.16. The molecule has 0 spiro atoms. The first-order chi connectivity index (χ1) is 35.4. The Morgan fingerprint density at radius 1 is 0.431 bits per heavy atom. The molecule has 0 bridgehead atoms.